The number of anilines is 1. The fourth-order valence-electron chi connectivity index (χ4n) is 4.03. The standard InChI is InChI=1S/C24H27N3O2/c1-25-24-22(10-7-19-4-2-13-26-23(19)24)18-5-8-20(9-6-18)29-21-11-15-27(16-12-21)14-3-17-28/h2,4-10,13,17,21,25H,3,11-12,14-16H2,1H3. The van der Waals surface area contributed by atoms with Crippen LogP contribution in [0.25, 0.3) is 22.0 Å². The van der Waals surface area contributed by atoms with Crippen LogP contribution in [0.15, 0.2) is 54.7 Å². The maximum absolute atomic E-state index is 10.5. The molecule has 3 aromatic rings. The van der Waals surface area contributed by atoms with Gasteiger partial charge in [-0.25, -0.2) is 0 Å². The van der Waals surface area contributed by atoms with E-state index in [-0.39, 0.29) is 6.10 Å². The number of hydrogen-bond donors (Lipinski definition) is 1. The summed E-state index contributed by atoms with van der Waals surface area (Å²) < 4.78 is 6.20. The maximum Gasteiger partial charge on any atom is 0.121 e. The highest BCUT2D eigenvalue weighted by Gasteiger charge is 2.20. The molecule has 29 heavy (non-hydrogen) atoms. The first-order valence-corrected chi connectivity index (χ1v) is 10.3. The van der Waals surface area contributed by atoms with Crippen molar-refractivity contribution in [2.45, 2.75) is 25.4 Å². The lowest BCUT2D eigenvalue weighted by Crippen LogP contribution is -2.38. The van der Waals surface area contributed by atoms with E-state index in [1.54, 1.807) is 0 Å². The van der Waals surface area contributed by atoms with Crippen LogP contribution in [0, 0.1) is 0 Å². The van der Waals surface area contributed by atoms with Crippen LogP contribution < -0.4 is 10.1 Å². The van der Waals surface area contributed by atoms with E-state index in [0.29, 0.717) is 6.42 Å². The largest absolute Gasteiger partial charge is 0.490 e. The van der Waals surface area contributed by atoms with Gasteiger partial charge in [-0.1, -0.05) is 30.3 Å². The van der Waals surface area contributed by atoms with Crippen molar-refractivity contribution in [1.82, 2.24) is 9.88 Å². The number of carbonyl (C=O) groups is 1. The van der Waals surface area contributed by atoms with Crippen molar-refractivity contribution in [2.24, 2.45) is 0 Å². The molecule has 0 saturated carbocycles. The molecule has 1 saturated heterocycles. The number of fused-ring (bicyclic) bond motifs is 1. The van der Waals surface area contributed by atoms with Crippen molar-refractivity contribution in [3.63, 3.8) is 0 Å². The maximum atomic E-state index is 10.5. The summed E-state index contributed by atoms with van der Waals surface area (Å²) in [5, 5.41) is 4.44. The van der Waals surface area contributed by atoms with Gasteiger partial charge in [-0.15, -0.1) is 0 Å². The third-order valence-electron chi connectivity index (χ3n) is 5.59. The zero-order valence-electron chi connectivity index (χ0n) is 16.8. The van der Waals surface area contributed by atoms with Crippen LogP contribution in [0.4, 0.5) is 5.69 Å². The average molecular weight is 389 g/mol. The van der Waals surface area contributed by atoms with Crippen molar-refractivity contribution in [3.05, 3.63) is 54.7 Å². The van der Waals surface area contributed by atoms with E-state index in [1.807, 2.05) is 19.3 Å². The summed E-state index contributed by atoms with van der Waals surface area (Å²) in [5.74, 6) is 0.907. The van der Waals surface area contributed by atoms with E-state index in [4.69, 9.17) is 4.74 Å². The number of aldehydes is 1. The fourth-order valence-corrected chi connectivity index (χ4v) is 4.03. The van der Waals surface area contributed by atoms with E-state index in [1.165, 1.54) is 0 Å². The van der Waals surface area contributed by atoms with Gasteiger partial charge in [0.15, 0.2) is 0 Å². The Morgan fingerprint density at radius 3 is 2.66 bits per heavy atom. The molecular weight excluding hydrogens is 362 g/mol. The van der Waals surface area contributed by atoms with Crippen molar-refractivity contribution in [3.8, 4) is 16.9 Å². The molecule has 0 unspecified atom stereocenters. The van der Waals surface area contributed by atoms with Gasteiger partial charge in [0.05, 0.1) is 11.2 Å². The van der Waals surface area contributed by atoms with Crippen LogP contribution in [0.5, 0.6) is 5.75 Å². The van der Waals surface area contributed by atoms with Gasteiger partial charge in [-0.2, -0.15) is 0 Å². The Kier molecular flexibility index (Phi) is 6.06. The number of piperidine rings is 1. The molecule has 0 bridgehead atoms. The molecule has 0 aliphatic carbocycles. The molecule has 5 nitrogen and oxygen atoms in total. The smallest absolute Gasteiger partial charge is 0.121 e. The molecule has 1 aliphatic heterocycles. The molecule has 5 heteroatoms. The van der Waals surface area contributed by atoms with Gasteiger partial charge >= 0.3 is 0 Å². The predicted octanol–water partition coefficient (Wildman–Crippen LogP) is 4.38. The van der Waals surface area contributed by atoms with Gasteiger partial charge in [-0.05, 0) is 36.6 Å². The Balaban J connectivity index is 1.45. The van der Waals surface area contributed by atoms with E-state index in [9.17, 15) is 4.79 Å². The number of ether oxygens (including phenoxy) is 1. The number of benzene rings is 2. The van der Waals surface area contributed by atoms with Crippen molar-refractivity contribution < 1.29 is 9.53 Å². The van der Waals surface area contributed by atoms with Crippen molar-refractivity contribution in [2.75, 3.05) is 32.0 Å². The van der Waals surface area contributed by atoms with Crippen LogP contribution in [0.2, 0.25) is 0 Å². The highest BCUT2D eigenvalue weighted by Crippen LogP contribution is 2.34. The third kappa shape index (κ3) is 4.40. The summed E-state index contributed by atoms with van der Waals surface area (Å²) in [6.07, 6.45) is 5.68. The second kappa shape index (κ2) is 9.05. The van der Waals surface area contributed by atoms with Gasteiger partial charge in [0, 0.05) is 50.2 Å². The molecular formula is C24H27N3O2. The lowest BCUT2D eigenvalue weighted by molar-refractivity contribution is -0.108. The number of nitrogens with one attached hydrogen (secondary N) is 1. The first-order chi connectivity index (χ1) is 14.3. The number of pyridine rings is 1. The van der Waals surface area contributed by atoms with Crippen molar-refractivity contribution >= 4 is 22.9 Å². The van der Waals surface area contributed by atoms with Crippen LogP contribution in [-0.2, 0) is 4.79 Å². The fraction of sp³-hybridized carbons (Fsp3) is 0.333. The van der Waals surface area contributed by atoms with Gasteiger partial charge in [0.25, 0.3) is 0 Å². The normalized spacial score (nSPS) is 15.3. The monoisotopic (exact) mass is 389 g/mol. The molecule has 2 heterocycles. The number of carbonyl (C=O) groups excluding carboxylic acids is 1. The molecule has 2 aromatic carbocycles. The quantitative estimate of drug-likeness (QED) is 0.608. The topological polar surface area (TPSA) is 54.5 Å². The van der Waals surface area contributed by atoms with E-state index < -0.39 is 0 Å². The predicted molar refractivity (Wildman–Crippen MR) is 117 cm³/mol. The number of likely N-dealkylation sites (tertiary alicyclic amines) is 1. The minimum Gasteiger partial charge on any atom is -0.490 e. The van der Waals surface area contributed by atoms with Gasteiger partial charge in [-0.3, -0.25) is 4.98 Å². The number of rotatable bonds is 7. The van der Waals surface area contributed by atoms with Gasteiger partial charge in [0.2, 0.25) is 0 Å². The summed E-state index contributed by atoms with van der Waals surface area (Å²) in [6, 6.07) is 16.6. The Labute approximate surface area is 171 Å². The highest BCUT2D eigenvalue weighted by atomic mass is 16.5. The SMILES string of the molecule is CNc1c(-c2ccc(OC3CCN(CCC=O)CC3)cc2)ccc2cccnc12. The summed E-state index contributed by atoms with van der Waals surface area (Å²) in [6.45, 7) is 2.84. The molecule has 1 aromatic heterocycles. The van der Waals surface area contributed by atoms with E-state index in [2.05, 4.69) is 57.7 Å². The average Bonchev–Trinajstić information content (AvgIpc) is 2.78. The highest BCUT2D eigenvalue weighted by molar-refractivity contribution is 5.99. The second-order valence-electron chi connectivity index (χ2n) is 7.45. The molecule has 1 aliphatic rings. The number of nitrogens with zero attached hydrogens (tertiary/aromatic N) is 2. The van der Waals surface area contributed by atoms with Crippen LogP contribution in [0.1, 0.15) is 19.3 Å². The molecule has 0 spiro atoms. The lowest BCUT2D eigenvalue weighted by atomic mass is 10.0. The van der Waals surface area contributed by atoms with Gasteiger partial charge in [0.1, 0.15) is 18.1 Å². The van der Waals surface area contributed by atoms with Crippen LogP contribution in [-0.4, -0.2) is 49.0 Å². The Hall–Kier alpha value is -2.92. The third-order valence-corrected chi connectivity index (χ3v) is 5.59. The molecule has 0 radical (unpaired) electrons. The second-order valence-corrected chi connectivity index (χ2v) is 7.45. The van der Waals surface area contributed by atoms with Gasteiger partial charge < -0.3 is 19.7 Å². The molecule has 4 rings (SSSR count). The zero-order valence-corrected chi connectivity index (χ0v) is 16.8. The Bertz CT molecular complexity index is 964. The minimum atomic E-state index is 0.242. The molecule has 0 atom stereocenters. The first kappa shape index (κ1) is 19.4. The molecule has 1 N–H and O–H groups in total. The lowest BCUT2D eigenvalue weighted by Gasteiger charge is -2.31. The first-order valence-electron chi connectivity index (χ1n) is 10.3. The van der Waals surface area contributed by atoms with E-state index in [0.717, 1.165) is 72.2 Å². The van der Waals surface area contributed by atoms with Crippen LogP contribution >= 0.6 is 0 Å². The number of aromatic nitrogens is 1. The Morgan fingerprint density at radius 2 is 1.93 bits per heavy atom. The zero-order chi connectivity index (χ0) is 20.1. The molecule has 150 valence electrons. The van der Waals surface area contributed by atoms with Crippen molar-refractivity contribution in [1.29, 1.82) is 0 Å². The molecule has 0 amide bonds. The summed E-state index contributed by atoms with van der Waals surface area (Å²) in [4.78, 5) is 17.4. The summed E-state index contributed by atoms with van der Waals surface area (Å²) >= 11 is 0. The molecule has 1 fully saturated rings. The number of hydrogen-bond acceptors (Lipinski definition) is 5. The van der Waals surface area contributed by atoms with E-state index >= 15 is 0 Å². The summed E-state index contributed by atoms with van der Waals surface area (Å²) in [7, 11) is 1.94. The Morgan fingerprint density at radius 1 is 1.14 bits per heavy atom. The summed E-state index contributed by atoms with van der Waals surface area (Å²) in [5.41, 5.74) is 4.29. The minimum absolute atomic E-state index is 0.242. The van der Waals surface area contributed by atoms with Crippen LogP contribution in [0.3, 0.4) is 0 Å².